The molecule has 0 aliphatic carbocycles. The fraction of sp³-hybridized carbons (Fsp3) is 1.00. The van der Waals surface area contributed by atoms with Crippen LogP contribution in [0.1, 0.15) is 52.9 Å². The van der Waals surface area contributed by atoms with Crippen molar-refractivity contribution in [3.63, 3.8) is 0 Å². The van der Waals surface area contributed by atoms with Crippen LogP contribution in [-0.4, -0.2) is 25.9 Å². The highest BCUT2D eigenvalue weighted by Crippen LogP contribution is 2.00. The van der Waals surface area contributed by atoms with Crippen LogP contribution in [0.3, 0.4) is 0 Å². The van der Waals surface area contributed by atoms with E-state index in [0.717, 1.165) is 26.2 Å². The van der Waals surface area contributed by atoms with E-state index < -0.39 is 0 Å². The van der Waals surface area contributed by atoms with Gasteiger partial charge in [0.2, 0.25) is 0 Å². The quantitative estimate of drug-likeness (QED) is 0.505. The van der Waals surface area contributed by atoms with Gasteiger partial charge in [0.25, 0.3) is 0 Å². The Morgan fingerprint density at radius 2 is 1.71 bits per heavy atom. The molecule has 1 atom stereocenters. The van der Waals surface area contributed by atoms with E-state index in [2.05, 4.69) is 20.8 Å². The van der Waals surface area contributed by atoms with E-state index in [4.69, 9.17) is 9.47 Å². The Morgan fingerprint density at radius 1 is 0.929 bits per heavy atom. The molecule has 0 fully saturated rings. The van der Waals surface area contributed by atoms with Crippen LogP contribution < -0.4 is 0 Å². The van der Waals surface area contributed by atoms with Gasteiger partial charge < -0.3 is 9.47 Å². The molecule has 0 aromatic heterocycles. The van der Waals surface area contributed by atoms with Gasteiger partial charge in [-0.1, -0.05) is 33.1 Å². The maximum Gasteiger partial charge on any atom is 0.0780 e. The van der Waals surface area contributed by atoms with Crippen LogP contribution in [0.15, 0.2) is 0 Å². The molecule has 0 amide bonds. The molecule has 1 unspecified atom stereocenters. The lowest BCUT2D eigenvalue weighted by Crippen LogP contribution is -2.16. The van der Waals surface area contributed by atoms with Crippen molar-refractivity contribution in [2.24, 2.45) is 0 Å². The Morgan fingerprint density at radius 3 is 2.36 bits per heavy atom. The second-order valence-electron chi connectivity index (χ2n) is 3.82. The number of unbranched alkanes of at least 4 members (excludes halogenated alkanes) is 3. The van der Waals surface area contributed by atoms with Crippen molar-refractivity contribution in [3.05, 3.63) is 0 Å². The molecule has 2 nitrogen and oxygen atoms in total. The first-order chi connectivity index (χ1) is 6.81. The Kier molecular flexibility index (Phi) is 10.9. The van der Waals surface area contributed by atoms with Crippen LogP contribution in [-0.2, 0) is 9.47 Å². The minimum Gasteiger partial charge on any atom is -0.379 e. The molecule has 2 heteroatoms. The SMILES string of the molecule is CCCCCCOCC(C)OCCC. The fourth-order valence-corrected chi connectivity index (χ4v) is 1.25. The van der Waals surface area contributed by atoms with E-state index in [1.165, 1.54) is 25.7 Å². The Balaban J connectivity index is 3.02. The van der Waals surface area contributed by atoms with Crippen molar-refractivity contribution < 1.29 is 9.47 Å². The molecule has 0 bridgehead atoms. The van der Waals surface area contributed by atoms with Gasteiger partial charge in [-0.25, -0.2) is 0 Å². The third-order valence-corrected chi connectivity index (χ3v) is 2.10. The molecule has 0 spiro atoms. The summed E-state index contributed by atoms with van der Waals surface area (Å²) in [7, 11) is 0. The molecular formula is C12H26O2. The standard InChI is InChI=1S/C12H26O2/c1-4-6-7-8-10-13-11-12(3)14-9-5-2/h12H,4-11H2,1-3H3. The second-order valence-corrected chi connectivity index (χ2v) is 3.82. The maximum absolute atomic E-state index is 5.51. The summed E-state index contributed by atoms with van der Waals surface area (Å²) in [4.78, 5) is 0. The smallest absolute Gasteiger partial charge is 0.0780 e. The average Bonchev–Trinajstić information content (AvgIpc) is 2.20. The van der Waals surface area contributed by atoms with Gasteiger partial charge in [-0.05, 0) is 19.8 Å². The summed E-state index contributed by atoms with van der Waals surface area (Å²) in [6.07, 6.45) is 6.43. The summed E-state index contributed by atoms with van der Waals surface area (Å²) in [6, 6.07) is 0. The van der Waals surface area contributed by atoms with E-state index >= 15 is 0 Å². The van der Waals surface area contributed by atoms with Crippen LogP contribution in [0.5, 0.6) is 0 Å². The molecule has 0 aromatic rings. The van der Waals surface area contributed by atoms with Crippen molar-refractivity contribution in [2.75, 3.05) is 19.8 Å². The predicted molar refractivity (Wildman–Crippen MR) is 60.7 cm³/mol. The molecule has 0 aliphatic rings. The number of rotatable bonds is 10. The molecule has 0 rings (SSSR count). The summed E-state index contributed by atoms with van der Waals surface area (Å²) in [5.74, 6) is 0. The lowest BCUT2D eigenvalue weighted by molar-refractivity contribution is -0.00714. The van der Waals surface area contributed by atoms with Crippen molar-refractivity contribution >= 4 is 0 Å². The van der Waals surface area contributed by atoms with Gasteiger partial charge in [0, 0.05) is 13.2 Å². The highest BCUT2D eigenvalue weighted by atomic mass is 16.5. The van der Waals surface area contributed by atoms with Crippen molar-refractivity contribution in [3.8, 4) is 0 Å². The highest BCUT2D eigenvalue weighted by Gasteiger charge is 2.00. The van der Waals surface area contributed by atoms with Crippen LogP contribution in [0.2, 0.25) is 0 Å². The predicted octanol–water partition coefficient (Wildman–Crippen LogP) is 3.40. The second kappa shape index (κ2) is 11.0. The van der Waals surface area contributed by atoms with Gasteiger partial charge in [-0.3, -0.25) is 0 Å². The Hall–Kier alpha value is -0.0800. The summed E-state index contributed by atoms with van der Waals surface area (Å²) < 4.78 is 11.0. The molecule has 86 valence electrons. The maximum atomic E-state index is 5.51. The third-order valence-electron chi connectivity index (χ3n) is 2.10. The summed E-state index contributed by atoms with van der Waals surface area (Å²) in [5, 5.41) is 0. The molecule has 0 aliphatic heterocycles. The zero-order chi connectivity index (χ0) is 10.6. The summed E-state index contributed by atoms with van der Waals surface area (Å²) in [5.41, 5.74) is 0. The van der Waals surface area contributed by atoms with Gasteiger partial charge in [0.15, 0.2) is 0 Å². The Bertz CT molecular complexity index is 104. The highest BCUT2D eigenvalue weighted by molar-refractivity contribution is 4.47. The van der Waals surface area contributed by atoms with Gasteiger partial charge in [0.1, 0.15) is 0 Å². The van der Waals surface area contributed by atoms with Crippen LogP contribution >= 0.6 is 0 Å². The summed E-state index contributed by atoms with van der Waals surface area (Å²) >= 11 is 0. The minimum absolute atomic E-state index is 0.251. The molecule has 0 radical (unpaired) electrons. The molecule has 14 heavy (non-hydrogen) atoms. The number of hydrogen-bond acceptors (Lipinski definition) is 2. The molecule has 0 saturated heterocycles. The fourth-order valence-electron chi connectivity index (χ4n) is 1.25. The van der Waals surface area contributed by atoms with Gasteiger partial charge in [-0.2, -0.15) is 0 Å². The third kappa shape index (κ3) is 10.0. The first-order valence-corrected chi connectivity index (χ1v) is 6.00. The first-order valence-electron chi connectivity index (χ1n) is 6.00. The lowest BCUT2D eigenvalue weighted by Gasteiger charge is -2.12. The summed E-state index contributed by atoms with van der Waals surface area (Å²) in [6.45, 7) is 8.90. The van der Waals surface area contributed by atoms with Crippen LogP contribution in [0.4, 0.5) is 0 Å². The van der Waals surface area contributed by atoms with Crippen LogP contribution in [0.25, 0.3) is 0 Å². The molecule has 0 N–H and O–H groups in total. The van der Waals surface area contributed by atoms with E-state index in [9.17, 15) is 0 Å². The van der Waals surface area contributed by atoms with Gasteiger partial charge >= 0.3 is 0 Å². The van der Waals surface area contributed by atoms with Crippen molar-refractivity contribution in [2.45, 2.75) is 59.0 Å². The largest absolute Gasteiger partial charge is 0.379 e. The van der Waals surface area contributed by atoms with Crippen molar-refractivity contribution in [1.29, 1.82) is 0 Å². The first kappa shape index (κ1) is 13.9. The zero-order valence-electron chi connectivity index (χ0n) is 10.1. The average molecular weight is 202 g/mol. The molecular weight excluding hydrogens is 176 g/mol. The van der Waals surface area contributed by atoms with Gasteiger partial charge in [-0.15, -0.1) is 0 Å². The normalized spacial score (nSPS) is 13.1. The van der Waals surface area contributed by atoms with Gasteiger partial charge in [0.05, 0.1) is 12.7 Å². The Labute approximate surface area is 89.0 Å². The monoisotopic (exact) mass is 202 g/mol. The molecule has 0 saturated carbocycles. The van der Waals surface area contributed by atoms with Crippen molar-refractivity contribution in [1.82, 2.24) is 0 Å². The van der Waals surface area contributed by atoms with E-state index in [0.29, 0.717) is 0 Å². The number of hydrogen-bond donors (Lipinski definition) is 0. The molecule has 0 aromatic carbocycles. The minimum atomic E-state index is 0.251. The van der Waals surface area contributed by atoms with Crippen LogP contribution in [0, 0.1) is 0 Å². The molecule has 0 heterocycles. The number of ether oxygens (including phenoxy) is 2. The van der Waals surface area contributed by atoms with E-state index in [1.807, 2.05) is 0 Å². The topological polar surface area (TPSA) is 18.5 Å². The lowest BCUT2D eigenvalue weighted by atomic mass is 10.2. The van der Waals surface area contributed by atoms with E-state index in [1.54, 1.807) is 0 Å². The van der Waals surface area contributed by atoms with E-state index in [-0.39, 0.29) is 6.10 Å². The zero-order valence-corrected chi connectivity index (χ0v) is 10.1.